The Morgan fingerprint density at radius 3 is 1.27 bits per heavy atom. The van der Waals surface area contributed by atoms with E-state index in [1.54, 1.807) is 24.3 Å². The van der Waals surface area contributed by atoms with Crippen LogP contribution in [-0.2, 0) is 9.59 Å². The van der Waals surface area contributed by atoms with E-state index >= 15 is 18.4 Å². The van der Waals surface area contributed by atoms with Crippen LogP contribution in [0.25, 0.3) is 32.3 Å². The SMILES string of the molecule is CCCCOc1ccc(-c2ccc(C3=C4C(=O)N(CC(CC)CCCC)C(c5ccc(-c6ccc(OCCCC)cc6F)s5)=C4C(=O)N3CC(CC)CCCC)s2)c(F)c1. The van der Waals surface area contributed by atoms with Crippen molar-refractivity contribution in [2.24, 2.45) is 11.8 Å². The lowest BCUT2D eigenvalue weighted by Crippen LogP contribution is -2.34. The normalized spacial score (nSPS) is 15.1. The molecule has 2 unspecified atom stereocenters. The Balaban J connectivity index is 1.47. The molecule has 0 fully saturated rings. The van der Waals surface area contributed by atoms with E-state index in [0.29, 0.717) is 81.2 Å². The summed E-state index contributed by atoms with van der Waals surface area (Å²) in [6.45, 7) is 14.8. The Morgan fingerprint density at radius 1 is 0.533 bits per heavy atom. The molecule has 6 nitrogen and oxygen atoms in total. The van der Waals surface area contributed by atoms with E-state index in [-0.39, 0.29) is 35.3 Å². The zero-order valence-electron chi connectivity index (χ0n) is 36.3. The van der Waals surface area contributed by atoms with Crippen LogP contribution in [0, 0.1) is 23.5 Å². The summed E-state index contributed by atoms with van der Waals surface area (Å²) in [6, 6.07) is 17.6. The van der Waals surface area contributed by atoms with E-state index < -0.39 is 0 Å². The molecule has 0 saturated carbocycles. The lowest BCUT2D eigenvalue weighted by molar-refractivity contribution is -0.124. The number of benzene rings is 2. The van der Waals surface area contributed by atoms with Crippen LogP contribution in [0.2, 0.25) is 0 Å². The first kappa shape index (κ1) is 45.3. The van der Waals surface area contributed by atoms with Gasteiger partial charge in [0.2, 0.25) is 0 Å². The van der Waals surface area contributed by atoms with Crippen LogP contribution in [-0.4, -0.2) is 47.9 Å². The summed E-state index contributed by atoms with van der Waals surface area (Å²) >= 11 is 2.79. The maximum atomic E-state index is 15.7. The van der Waals surface area contributed by atoms with Gasteiger partial charge in [0, 0.05) is 46.1 Å². The molecular weight excluding hydrogens is 795 g/mol. The highest BCUT2D eigenvalue weighted by molar-refractivity contribution is 7.17. The number of thiophene rings is 2. The van der Waals surface area contributed by atoms with Crippen molar-refractivity contribution in [3.05, 3.63) is 93.2 Å². The van der Waals surface area contributed by atoms with Crippen molar-refractivity contribution >= 4 is 45.9 Å². The van der Waals surface area contributed by atoms with E-state index in [2.05, 4.69) is 41.5 Å². The number of fused-ring (bicyclic) bond motifs is 1. The molecule has 0 bridgehead atoms. The third-order valence-electron chi connectivity index (χ3n) is 11.8. The van der Waals surface area contributed by atoms with Gasteiger partial charge in [-0.3, -0.25) is 9.59 Å². The molecule has 10 heteroatoms. The Kier molecular flexibility index (Phi) is 16.2. The number of ether oxygens (including phenoxy) is 2. The molecule has 2 amide bonds. The maximum absolute atomic E-state index is 15.7. The van der Waals surface area contributed by atoms with Gasteiger partial charge in [0.25, 0.3) is 11.8 Å². The first-order valence-electron chi connectivity index (χ1n) is 22.4. The molecular formula is C50H62F2N2O4S2. The summed E-state index contributed by atoms with van der Waals surface area (Å²) in [5.41, 5.74) is 2.93. The Labute approximate surface area is 364 Å². The molecule has 2 aromatic carbocycles. The highest BCUT2D eigenvalue weighted by Crippen LogP contribution is 2.51. The third kappa shape index (κ3) is 10.1. The molecule has 2 aromatic heterocycles. The van der Waals surface area contributed by atoms with Gasteiger partial charge in [-0.1, -0.05) is 92.9 Å². The standard InChI is InChI=1S/C50H62F2N2O4S2/c1-7-13-17-33(11-5)31-53-47(43-25-23-41(59-43)37-21-19-35(29-39(37)51)57-27-15-9-3)45-46(49(53)55)48(54(50(45)56)32-34(12-6)18-14-8-2)44-26-24-42(60-44)38-22-20-36(30-40(38)52)58-28-16-10-4/h19-26,29-30,33-34H,7-18,27-28,31-32H2,1-6H3. The summed E-state index contributed by atoms with van der Waals surface area (Å²) in [5.74, 6) is 0.317. The van der Waals surface area contributed by atoms with Crippen molar-refractivity contribution in [3.63, 3.8) is 0 Å². The number of unbranched alkanes of at least 4 members (excludes halogenated alkanes) is 4. The maximum Gasteiger partial charge on any atom is 0.261 e. The van der Waals surface area contributed by atoms with Crippen LogP contribution in [0.4, 0.5) is 8.78 Å². The van der Waals surface area contributed by atoms with E-state index in [0.717, 1.165) is 86.8 Å². The Hall–Kier alpha value is -4.28. The molecule has 4 aromatic rings. The summed E-state index contributed by atoms with van der Waals surface area (Å²) in [6.07, 6.45) is 11.7. The molecule has 2 atom stereocenters. The smallest absolute Gasteiger partial charge is 0.261 e. The van der Waals surface area contributed by atoms with Crippen molar-refractivity contribution in [2.45, 2.75) is 119 Å². The fourth-order valence-corrected chi connectivity index (χ4v) is 10.3. The van der Waals surface area contributed by atoms with Gasteiger partial charge < -0.3 is 19.3 Å². The van der Waals surface area contributed by atoms with Crippen molar-refractivity contribution in [3.8, 4) is 32.4 Å². The molecule has 6 rings (SSSR count). The van der Waals surface area contributed by atoms with E-state index in [1.165, 1.54) is 34.8 Å². The second-order valence-corrected chi connectivity index (χ2v) is 18.3. The van der Waals surface area contributed by atoms with Crippen LogP contribution < -0.4 is 9.47 Å². The number of nitrogens with zero attached hydrogens (tertiary/aromatic N) is 2. The van der Waals surface area contributed by atoms with E-state index in [4.69, 9.17) is 9.47 Å². The van der Waals surface area contributed by atoms with Gasteiger partial charge in [-0.05, 0) is 86.1 Å². The minimum atomic E-state index is -0.382. The van der Waals surface area contributed by atoms with Crippen molar-refractivity contribution in [1.29, 1.82) is 0 Å². The highest BCUT2D eigenvalue weighted by Gasteiger charge is 2.50. The lowest BCUT2D eigenvalue weighted by Gasteiger charge is -2.29. The molecule has 2 aliphatic heterocycles. The monoisotopic (exact) mass is 856 g/mol. The largest absolute Gasteiger partial charge is 0.493 e. The van der Waals surface area contributed by atoms with Crippen LogP contribution in [0.15, 0.2) is 71.8 Å². The number of carbonyl (C=O) groups is 2. The van der Waals surface area contributed by atoms with Crippen molar-refractivity contribution in [2.75, 3.05) is 26.3 Å². The van der Waals surface area contributed by atoms with E-state index in [1.807, 2.05) is 34.1 Å². The Bertz CT molecular complexity index is 2020. The van der Waals surface area contributed by atoms with Gasteiger partial charge in [0.15, 0.2) is 0 Å². The summed E-state index contributed by atoms with van der Waals surface area (Å²) in [7, 11) is 0. The molecule has 2 aliphatic rings. The zero-order chi connectivity index (χ0) is 42.8. The fourth-order valence-electron chi connectivity index (χ4n) is 8.07. The molecule has 0 radical (unpaired) electrons. The summed E-state index contributed by atoms with van der Waals surface area (Å²) in [5, 5.41) is 0. The van der Waals surface area contributed by atoms with Gasteiger partial charge in [-0.25, -0.2) is 8.78 Å². The van der Waals surface area contributed by atoms with Gasteiger partial charge in [0.05, 0.1) is 45.5 Å². The average molecular weight is 857 g/mol. The first-order valence-corrected chi connectivity index (χ1v) is 24.0. The molecule has 0 spiro atoms. The second-order valence-electron chi connectivity index (χ2n) is 16.1. The third-order valence-corrected chi connectivity index (χ3v) is 14.0. The average Bonchev–Trinajstić information content (AvgIpc) is 4.04. The fraction of sp³-hybridized carbons (Fsp3) is 0.480. The predicted molar refractivity (Wildman–Crippen MR) is 244 cm³/mol. The summed E-state index contributed by atoms with van der Waals surface area (Å²) < 4.78 is 43.0. The molecule has 322 valence electrons. The van der Waals surface area contributed by atoms with Gasteiger partial charge in [-0.2, -0.15) is 0 Å². The van der Waals surface area contributed by atoms with Gasteiger partial charge in [-0.15, -0.1) is 22.7 Å². The molecule has 4 heterocycles. The number of hydrogen-bond donors (Lipinski definition) is 0. The minimum Gasteiger partial charge on any atom is -0.493 e. The van der Waals surface area contributed by atoms with Crippen LogP contribution in [0.3, 0.4) is 0 Å². The van der Waals surface area contributed by atoms with Gasteiger partial charge >= 0.3 is 0 Å². The van der Waals surface area contributed by atoms with Crippen LogP contribution in [0.1, 0.15) is 128 Å². The summed E-state index contributed by atoms with van der Waals surface area (Å²) in [4.78, 5) is 36.9. The molecule has 0 aliphatic carbocycles. The molecule has 60 heavy (non-hydrogen) atoms. The number of amides is 2. The Morgan fingerprint density at radius 2 is 0.917 bits per heavy atom. The van der Waals surface area contributed by atoms with Crippen molar-refractivity contribution < 1.29 is 27.8 Å². The van der Waals surface area contributed by atoms with Gasteiger partial charge in [0.1, 0.15) is 23.1 Å². The van der Waals surface area contributed by atoms with Crippen LogP contribution in [0.5, 0.6) is 11.5 Å². The van der Waals surface area contributed by atoms with Crippen molar-refractivity contribution in [1.82, 2.24) is 9.80 Å². The number of hydrogen-bond acceptors (Lipinski definition) is 6. The lowest BCUT2D eigenvalue weighted by atomic mass is 9.98. The zero-order valence-corrected chi connectivity index (χ0v) is 38.0. The number of rotatable bonds is 24. The van der Waals surface area contributed by atoms with E-state index in [9.17, 15) is 0 Å². The number of halogens is 2. The number of carbonyl (C=O) groups excluding carboxylic acids is 2. The highest BCUT2D eigenvalue weighted by atomic mass is 32.1. The first-order chi connectivity index (χ1) is 29.2. The molecule has 0 N–H and O–H groups in total. The van der Waals surface area contributed by atoms with Crippen LogP contribution >= 0.6 is 22.7 Å². The topological polar surface area (TPSA) is 59.1 Å². The quantitative estimate of drug-likeness (QED) is 0.0659. The minimum absolute atomic E-state index is 0.188. The molecule has 0 saturated heterocycles. The second kappa shape index (κ2) is 21.5. The predicted octanol–water partition coefficient (Wildman–Crippen LogP) is 14.0.